The SMILES string of the molecule is CCCCCOc1c(OC)ccc2c(=O)n(CCc3ccc(N)cc3)c(=O)[nH]c12.Cl. The number of anilines is 1. The van der Waals surface area contributed by atoms with Gasteiger partial charge in [0.05, 0.1) is 19.1 Å². The maximum absolute atomic E-state index is 13.0. The second kappa shape index (κ2) is 10.7. The fourth-order valence-electron chi connectivity index (χ4n) is 3.24. The predicted molar refractivity (Wildman–Crippen MR) is 122 cm³/mol. The van der Waals surface area contributed by atoms with Crippen LogP contribution in [0.5, 0.6) is 11.5 Å². The maximum Gasteiger partial charge on any atom is 0.328 e. The van der Waals surface area contributed by atoms with Crippen LogP contribution in [0.4, 0.5) is 5.69 Å². The van der Waals surface area contributed by atoms with Crippen LogP contribution in [0.3, 0.4) is 0 Å². The van der Waals surface area contributed by atoms with E-state index in [4.69, 9.17) is 15.2 Å². The average molecular weight is 434 g/mol. The summed E-state index contributed by atoms with van der Waals surface area (Å²) in [6.07, 6.45) is 3.55. The van der Waals surface area contributed by atoms with E-state index in [2.05, 4.69) is 11.9 Å². The lowest BCUT2D eigenvalue weighted by Crippen LogP contribution is -2.35. The van der Waals surface area contributed by atoms with Gasteiger partial charge in [-0.25, -0.2) is 4.79 Å². The van der Waals surface area contributed by atoms with Crippen LogP contribution in [0.25, 0.3) is 10.9 Å². The van der Waals surface area contributed by atoms with Gasteiger partial charge in [0, 0.05) is 12.2 Å². The normalized spacial score (nSPS) is 10.6. The zero-order chi connectivity index (χ0) is 20.8. The molecule has 1 aromatic heterocycles. The number of ether oxygens (including phenoxy) is 2. The van der Waals surface area contributed by atoms with Crippen molar-refractivity contribution >= 4 is 29.0 Å². The minimum atomic E-state index is -0.468. The molecule has 3 rings (SSSR count). The molecule has 0 radical (unpaired) electrons. The Kier molecular flexibility index (Phi) is 8.35. The number of H-pyrrole nitrogens is 1. The Morgan fingerprint density at radius 1 is 1.07 bits per heavy atom. The molecular formula is C22H28ClN3O4. The van der Waals surface area contributed by atoms with E-state index in [1.165, 1.54) is 11.7 Å². The van der Waals surface area contributed by atoms with E-state index >= 15 is 0 Å². The van der Waals surface area contributed by atoms with Crippen molar-refractivity contribution < 1.29 is 9.47 Å². The van der Waals surface area contributed by atoms with E-state index in [0.29, 0.717) is 41.1 Å². The summed E-state index contributed by atoms with van der Waals surface area (Å²) in [5.41, 5.74) is 6.94. The number of halogens is 1. The van der Waals surface area contributed by atoms with Gasteiger partial charge in [-0.2, -0.15) is 0 Å². The van der Waals surface area contributed by atoms with Crippen molar-refractivity contribution in [3.05, 3.63) is 62.8 Å². The van der Waals surface area contributed by atoms with Crippen molar-refractivity contribution in [1.82, 2.24) is 9.55 Å². The third kappa shape index (κ3) is 5.16. The number of aromatic amines is 1. The number of hydrogen-bond donors (Lipinski definition) is 2. The molecule has 3 N–H and O–H groups in total. The Labute approximate surface area is 181 Å². The molecule has 0 aliphatic rings. The van der Waals surface area contributed by atoms with Gasteiger partial charge in [-0.1, -0.05) is 31.9 Å². The standard InChI is InChI=1S/C22H27N3O4.ClH/c1-3-4-5-14-29-20-18(28-2)11-10-17-19(20)24-22(27)25(21(17)26)13-12-15-6-8-16(23)9-7-15;/h6-11H,3-5,12-14,23H2,1-2H3,(H,24,27);1H. The van der Waals surface area contributed by atoms with Gasteiger partial charge in [0.25, 0.3) is 5.56 Å². The minimum Gasteiger partial charge on any atom is -0.493 e. The van der Waals surface area contributed by atoms with E-state index in [1.807, 2.05) is 12.1 Å². The highest BCUT2D eigenvalue weighted by atomic mass is 35.5. The molecule has 1 heterocycles. The molecule has 3 aromatic rings. The summed E-state index contributed by atoms with van der Waals surface area (Å²) in [5, 5.41) is 0.396. The first-order valence-electron chi connectivity index (χ1n) is 9.86. The highest BCUT2D eigenvalue weighted by molar-refractivity contribution is 5.86. The van der Waals surface area contributed by atoms with Crippen LogP contribution in [0.2, 0.25) is 0 Å². The van der Waals surface area contributed by atoms with Crippen LogP contribution in [-0.4, -0.2) is 23.3 Å². The lowest BCUT2D eigenvalue weighted by Gasteiger charge is -2.14. The quantitative estimate of drug-likeness (QED) is 0.397. The van der Waals surface area contributed by atoms with E-state index in [9.17, 15) is 9.59 Å². The Morgan fingerprint density at radius 2 is 1.80 bits per heavy atom. The van der Waals surface area contributed by atoms with Gasteiger partial charge in [0.15, 0.2) is 11.5 Å². The number of methoxy groups -OCH3 is 1. The smallest absolute Gasteiger partial charge is 0.328 e. The number of aromatic nitrogens is 2. The molecular weight excluding hydrogens is 406 g/mol. The van der Waals surface area contributed by atoms with Gasteiger partial charge in [0.2, 0.25) is 0 Å². The Balaban J connectivity index is 0.00000320. The number of nitrogens with zero attached hydrogens (tertiary/aromatic N) is 1. The zero-order valence-corrected chi connectivity index (χ0v) is 18.1. The van der Waals surface area contributed by atoms with Gasteiger partial charge < -0.3 is 20.2 Å². The third-order valence-corrected chi connectivity index (χ3v) is 4.89. The Hall–Kier alpha value is -2.93. The molecule has 8 heteroatoms. The molecule has 162 valence electrons. The van der Waals surface area contributed by atoms with Crippen LogP contribution in [0.1, 0.15) is 31.7 Å². The molecule has 0 unspecified atom stereocenters. The number of nitrogens with two attached hydrogens (primary N) is 1. The van der Waals surface area contributed by atoms with Crippen molar-refractivity contribution in [2.24, 2.45) is 0 Å². The molecule has 0 saturated carbocycles. The third-order valence-electron chi connectivity index (χ3n) is 4.89. The highest BCUT2D eigenvalue weighted by Crippen LogP contribution is 2.32. The topological polar surface area (TPSA) is 99.3 Å². The molecule has 0 atom stereocenters. The predicted octanol–water partition coefficient (Wildman–Crippen LogP) is 3.51. The molecule has 7 nitrogen and oxygen atoms in total. The van der Waals surface area contributed by atoms with E-state index in [0.717, 1.165) is 24.8 Å². The van der Waals surface area contributed by atoms with Crippen molar-refractivity contribution in [1.29, 1.82) is 0 Å². The highest BCUT2D eigenvalue weighted by Gasteiger charge is 2.16. The van der Waals surface area contributed by atoms with E-state index in [-0.39, 0.29) is 24.5 Å². The van der Waals surface area contributed by atoms with Gasteiger partial charge >= 0.3 is 5.69 Å². The number of hydrogen-bond acceptors (Lipinski definition) is 5. The lowest BCUT2D eigenvalue weighted by molar-refractivity contribution is 0.289. The number of benzene rings is 2. The summed E-state index contributed by atoms with van der Waals surface area (Å²) >= 11 is 0. The molecule has 0 saturated heterocycles. The molecule has 2 aromatic carbocycles. The minimum absolute atomic E-state index is 0. The molecule has 0 bridgehead atoms. The van der Waals surface area contributed by atoms with Crippen LogP contribution >= 0.6 is 12.4 Å². The van der Waals surface area contributed by atoms with Crippen LogP contribution in [0.15, 0.2) is 46.0 Å². The number of unbranched alkanes of at least 4 members (excludes halogenated alkanes) is 2. The van der Waals surface area contributed by atoms with Gasteiger partial charge in [-0.15, -0.1) is 12.4 Å². The molecule has 0 aliphatic heterocycles. The lowest BCUT2D eigenvalue weighted by atomic mass is 10.1. The average Bonchev–Trinajstić information content (AvgIpc) is 2.72. The summed E-state index contributed by atoms with van der Waals surface area (Å²) in [6.45, 7) is 2.88. The van der Waals surface area contributed by atoms with Crippen molar-refractivity contribution in [2.45, 2.75) is 39.2 Å². The monoisotopic (exact) mass is 433 g/mol. The fourth-order valence-corrected chi connectivity index (χ4v) is 3.24. The first-order valence-corrected chi connectivity index (χ1v) is 9.86. The molecule has 0 spiro atoms. The summed E-state index contributed by atoms with van der Waals surface area (Å²) in [7, 11) is 1.53. The molecule has 30 heavy (non-hydrogen) atoms. The first kappa shape index (κ1) is 23.3. The maximum atomic E-state index is 13.0. The van der Waals surface area contributed by atoms with Crippen molar-refractivity contribution in [3.8, 4) is 11.5 Å². The van der Waals surface area contributed by atoms with Gasteiger partial charge in [-0.05, 0) is 42.7 Å². The van der Waals surface area contributed by atoms with Crippen LogP contribution < -0.4 is 26.5 Å². The van der Waals surface area contributed by atoms with Crippen LogP contribution in [0, 0.1) is 0 Å². The zero-order valence-electron chi connectivity index (χ0n) is 17.3. The summed E-state index contributed by atoms with van der Waals surface area (Å²) < 4.78 is 12.5. The van der Waals surface area contributed by atoms with Gasteiger partial charge in [0.1, 0.15) is 5.52 Å². The Bertz CT molecular complexity index is 1090. The molecule has 0 aliphatic carbocycles. The fraction of sp³-hybridized carbons (Fsp3) is 0.364. The van der Waals surface area contributed by atoms with E-state index in [1.54, 1.807) is 24.3 Å². The number of nitrogen functional groups attached to an aromatic ring is 1. The van der Waals surface area contributed by atoms with Gasteiger partial charge in [-0.3, -0.25) is 9.36 Å². The second-order valence-corrected chi connectivity index (χ2v) is 6.95. The second-order valence-electron chi connectivity index (χ2n) is 6.95. The van der Waals surface area contributed by atoms with E-state index < -0.39 is 5.69 Å². The van der Waals surface area contributed by atoms with Crippen molar-refractivity contribution in [2.75, 3.05) is 19.5 Å². The van der Waals surface area contributed by atoms with Crippen LogP contribution in [-0.2, 0) is 13.0 Å². The number of nitrogens with one attached hydrogen (secondary N) is 1. The number of aryl methyl sites for hydroxylation is 1. The summed E-state index contributed by atoms with van der Waals surface area (Å²) in [5.74, 6) is 0.893. The summed E-state index contributed by atoms with van der Waals surface area (Å²) in [4.78, 5) is 28.4. The Morgan fingerprint density at radius 3 is 2.47 bits per heavy atom. The first-order chi connectivity index (χ1) is 14.0. The number of rotatable bonds is 9. The largest absolute Gasteiger partial charge is 0.493 e. The molecule has 0 amide bonds. The number of fused-ring (bicyclic) bond motifs is 1. The summed E-state index contributed by atoms with van der Waals surface area (Å²) in [6, 6.07) is 10.7. The molecule has 0 fully saturated rings. The van der Waals surface area contributed by atoms with Crippen molar-refractivity contribution in [3.63, 3.8) is 0 Å².